The molecule has 3 rings (SSSR count). The molecule has 1 heterocycles. The van der Waals surface area contributed by atoms with E-state index in [2.05, 4.69) is 20.3 Å². The molecule has 1 amide bonds. The maximum absolute atomic E-state index is 12.2. The largest absolute Gasteiger partial charge is 0.350 e. The second kappa shape index (κ2) is 9.18. The highest BCUT2D eigenvalue weighted by molar-refractivity contribution is 7.90. The van der Waals surface area contributed by atoms with Gasteiger partial charge in [0.25, 0.3) is 15.9 Å². The minimum absolute atomic E-state index is 0. The Morgan fingerprint density at radius 3 is 2.46 bits per heavy atom. The number of fused-ring (bicyclic) bond motifs is 1. The molecule has 0 saturated carbocycles. The van der Waals surface area contributed by atoms with Gasteiger partial charge in [0, 0.05) is 29.4 Å². The number of sulfonamides is 1. The third-order valence-electron chi connectivity index (χ3n) is 4.16. The normalized spacial score (nSPS) is 15.0. The van der Waals surface area contributed by atoms with E-state index in [1.54, 1.807) is 42.5 Å². The van der Waals surface area contributed by atoms with E-state index in [0.29, 0.717) is 23.4 Å². The van der Waals surface area contributed by atoms with Crippen LogP contribution in [0.3, 0.4) is 0 Å². The lowest BCUT2D eigenvalue weighted by atomic mass is 10.1. The molecule has 0 fully saturated rings. The van der Waals surface area contributed by atoms with E-state index in [1.165, 1.54) is 6.07 Å². The summed E-state index contributed by atoms with van der Waals surface area (Å²) in [5.41, 5.74) is 1.72. The Balaban J connectivity index is 0.00000280. The van der Waals surface area contributed by atoms with Gasteiger partial charge in [-0.15, -0.1) is 16.8 Å². The maximum Gasteiger partial charge on any atom is 0.285 e. The Bertz CT molecular complexity index is 975. The summed E-state index contributed by atoms with van der Waals surface area (Å²) in [5.74, 6) is 0.125. The molecule has 0 spiro atoms. The molecular formula is C19H23ClN4O3S. The predicted molar refractivity (Wildman–Crippen MR) is 113 cm³/mol. The highest BCUT2D eigenvalue weighted by Gasteiger charge is 2.28. The molecule has 1 aliphatic rings. The number of hydrogen-bond acceptors (Lipinski definition) is 5. The lowest BCUT2D eigenvalue weighted by molar-refractivity contribution is 0.0950. The van der Waals surface area contributed by atoms with Gasteiger partial charge >= 0.3 is 0 Å². The zero-order valence-corrected chi connectivity index (χ0v) is 17.2. The Morgan fingerprint density at radius 1 is 1.11 bits per heavy atom. The number of likely N-dealkylation sites (N-methyl/N-ethyl adjacent to an activating group) is 1. The van der Waals surface area contributed by atoms with Crippen LogP contribution in [0, 0.1) is 0 Å². The summed E-state index contributed by atoms with van der Waals surface area (Å²) in [7, 11) is -3.66. The fraction of sp³-hybridized carbons (Fsp3) is 0.263. The average Bonchev–Trinajstić information content (AvgIpc) is 2.91. The first kappa shape index (κ1) is 21.9. The van der Waals surface area contributed by atoms with Gasteiger partial charge in [-0.1, -0.05) is 19.1 Å². The summed E-state index contributed by atoms with van der Waals surface area (Å²) in [6.07, 6.45) is 0. The van der Waals surface area contributed by atoms with Crippen molar-refractivity contribution in [2.45, 2.75) is 24.8 Å². The van der Waals surface area contributed by atoms with Crippen molar-refractivity contribution in [3.05, 3.63) is 59.7 Å². The zero-order valence-electron chi connectivity index (χ0n) is 15.6. The number of amides is 1. The average molecular weight is 423 g/mol. The highest BCUT2D eigenvalue weighted by atomic mass is 35.5. The van der Waals surface area contributed by atoms with Crippen molar-refractivity contribution in [3.63, 3.8) is 0 Å². The monoisotopic (exact) mass is 422 g/mol. The molecule has 1 aliphatic heterocycles. The van der Waals surface area contributed by atoms with Gasteiger partial charge in [-0.3, -0.25) is 4.79 Å². The van der Waals surface area contributed by atoms with Crippen LogP contribution < -0.4 is 16.0 Å². The standard InChI is InChI=1S/C19H22N4O3S.ClH/c1-3-20-13(2)12-21-19(24)14-8-10-15(11-9-14)22-18-16-6-4-5-7-17(16)27(25,26)23-18;/h4-11,13,20H,3,12H2,1-2H3,(H,21,24)(H,22,23);1H/t13-;/m1./s1. The molecule has 0 aromatic heterocycles. The number of carbonyl (C=O) groups is 1. The van der Waals surface area contributed by atoms with E-state index < -0.39 is 10.0 Å². The summed E-state index contributed by atoms with van der Waals surface area (Å²) in [6.45, 7) is 5.41. The zero-order chi connectivity index (χ0) is 19.4. The third kappa shape index (κ3) is 4.89. The summed E-state index contributed by atoms with van der Waals surface area (Å²) in [6, 6.07) is 13.7. The van der Waals surface area contributed by atoms with Crippen LogP contribution in [0.2, 0.25) is 0 Å². The van der Waals surface area contributed by atoms with Crippen LogP contribution in [0.4, 0.5) is 5.69 Å². The lowest BCUT2D eigenvalue weighted by Crippen LogP contribution is -2.38. The number of rotatable bonds is 6. The van der Waals surface area contributed by atoms with E-state index in [0.717, 1.165) is 6.54 Å². The topological polar surface area (TPSA) is 99.7 Å². The van der Waals surface area contributed by atoms with Gasteiger partial charge in [0.2, 0.25) is 0 Å². The van der Waals surface area contributed by atoms with Gasteiger partial charge in [0.1, 0.15) is 4.90 Å². The van der Waals surface area contributed by atoms with Crippen molar-refractivity contribution in [3.8, 4) is 0 Å². The molecule has 2 aromatic rings. The van der Waals surface area contributed by atoms with Crippen molar-refractivity contribution in [1.29, 1.82) is 0 Å². The number of amidine groups is 1. The van der Waals surface area contributed by atoms with Gasteiger partial charge < -0.3 is 16.0 Å². The van der Waals surface area contributed by atoms with Crippen molar-refractivity contribution < 1.29 is 13.2 Å². The third-order valence-corrected chi connectivity index (χ3v) is 5.50. The molecule has 0 bridgehead atoms. The predicted octanol–water partition coefficient (Wildman–Crippen LogP) is 2.40. The molecule has 150 valence electrons. The van der Waals surface area contributed by atoms with Crippen LogP contribution in [-0.4, -0.2) is 39.3 Å². The van der Waals surface area contributed by atoms with Gasteiger partial charge in [-0.05, 0) is 49.9 Å². The van der Waals surface area contributed by atoms with Crippen LogP contribution in [0.1, 0.15) is 29.8 Å². The molecule has 0 saturated heterocycles. The minimum atomic E-state index is -3.66. The first-order valence-electron chi connectivity index (χ1n) is 8.73. The number of carbonyl (C=O) groups excluding carboxylic acids is 1. The first-order chi connectivity index (χ1) is 12.9. The molecule has 1 atom stereocenters. The van der Waals surface area contributed by atoms with Crippen molar-refractivity contribution in [1.82, 2.24) is 10.6 Å². The SMILES string of the molecule is CCN[C@H](C)CNC(=O)c1ccc(NC2=NS(=O)(=O)c3ccccc32)cc1.Cl. The van der Waals surface area contributed by atoms with Crippen LogP contribution >= 0.6 is 12.4 Å². The summed E-state index contributed by atoms with van der Waals surface area (Å²) in [4.78, 5) is 12.4. The Labute approximate surface area is 171 Å². The second-order valence-electron chi connectivity index (χ2n) is 6.28. The molecule has 0 aliphatic carbocycles. The fourth-order valence-electron chi connectivity index (χ4n) is 2.81. The van der Waals surface area contributed by atoms with Gasteiger partial charge in [-0.2, -0.15) is 8.42 Å². The molecular weight excluding hydrogens is 400 g/mol. The summed E-state index contributed by atoms with van der Waals surface area (Å²) in [5, 5.41) is 9.12. The lowest BCUT2D eigenvalue weighted by Gasteiger charge is -2.13. The fourth-order valence-corrected chi connectivity index (χ4v) is 3.98. The number of anilines is 1. The Hall–Kier alpha value is -2.42. The van der Waals surface area contributed by atoms with Crippen molar-refractivity contribution in [2.75, 3.05) is 18.4 Å². The summed E-state index contributed by atoms with van der Waals surface area (Å²) >= 11 is 0. The molecule has 0 radical (unpaired) electrons. The van der Waals surface area contributed by atoms with Gasteiger partial charge in [0.05, 0.1) is 0 Å². The molecule has 0 unspecified atom stereocenters. The van der Waals surface area contributed by atoms with Gasteiger partial charge in [-0.25, -0.2) is 0 Å². The maximum atomic E-state index is 12.2. The van der Waals surface area contributed by atoms with Crippen LogP contribution in [0.25, 0.3) is 0 Å². The van der Waals surface area contributed by atoms with Crippen LogP contribution in [-0.2, 0) is 10.0 Å². The highest BCUT2D eigenvalue weighted by Crippen LogP contribution is 2.26. The van der Waals surface area contributed by atoms with Crippen molar-refractivity contribution >= 4 is 39.9 Å². The molecule has 9 heteroatoms. The van der Waals surface area contributed by atoms with E-state index in [1.807, 2.05) is 13.8 Å². The van der Waals surface area contributed by atoms with E-state index >= 15 is 0 Å². The van der Waals surface area contributed by atoms with Gasteiger partial charge in [0.15, 0.2) is 5.84 Å². The quantitative estimate of drug-likeness (QED) is 0.663. The number of hydrogen-bond donors (Lipinski definition) is 3. The molecule has 28 heavy (non-hydrogen) atoms. The minimum Gasteiger partial charge on any atom is -0.350 e. The molecule has 7 nitrogen and oxygen atoms in total. The van der Waals surface area contributed by atoms with Crippen molar-refractivity contribution in [2.24, 2.45) is 4.40 Å². The Kier molecular flexibility index (Phi) is 7.17. The first-order valence-corrected chi connectivity index (χ1v) is 10.2. The number of nitrogens with one attached hydrogen (secondary N) is 3. The smallest absolute Gasteiger partial charge is 0.285 e. The molecule has 3 N–H and O–H groups in total. The van der Waals surface area contributed by atoms with E-state index in [4.69, 9.17) is 0 Å². The number of halogens is 1. The second-order valence-corrected chi connectivity index (χ2v) is 7.85. The Morgan fingerprint density at radius 2 is 1.79 bits per heavy atom. The molecule has 2 aromatic carbocycles. The van der Waals surface area contributed by atoms with Crippen LogP contribution in [0.5, 0.6) is 0 Å². The number of nitrogens with zero attached hydrogens (tertiary/aromatic N) is 1. The van der Waals surface area contributed by atoms with E-state index in [9.17, 15) is 13.2 Å². The van der Waals surface area contributed by atoms with Crippen LogP contribution in [0.15, 0.2) is 57.8 Å². The summed E-state index contributed by atoms with van der Waals surface area (Å²) < 4.78 is 28.0. The number of benzene rings is 2. The van der Waals surface area contributed by atoms with E-state index in [-0.39, 0.29) is 35.1 Å².